The third-order valence-corrected chi connectivity index (χ3v) is 3.92. The van der Waals surface area contributed by atoms with Crippen molar-refractivity contribution < 1.29 is 4.74 Å². The molecule has 2 N–H and O–H groups in total. The highest BCUT2D eigenvalue weighted by atomic mass is 16.5. The lowest BCUT2D eigenvalue weighted by molar-refractivity contribution is 0.279. The molecule has 0 fully saturated rings. The van der Waals surface area contributed by atoms with Crippen molar-refractivity contribution in [3.8, 4) is 5.75 Å². The Morgan fingerprint density at radius 3 is 2.78 bits per heavy atom. The number of ether oxygens (including phenoxy) is 1. The van der Waals surface area contributed by atoms with Crippen LogP contribution >= 0.6 is 0 Å². The van der Waals surface area contributed by atoms with E-state index in [4.69, 9.17) is 10.5 Å². The van der Waals surface area contributed by atoms with Crippen LogP contribution in [0.4, 0.5) is 0 Å². The predicted octanol–water partition coefficient (Wildman–Crippen LogP) is 3.32. The quantitative estimate of drug-likeness (QED) is 0.866. The van der Waals surface area contributed by atoms with Gasteiger partial charge in [-0.25, -0.2) is 0 Å². The average molecular weight is 247 g/mol. The van der Waals surface area contributed by atoms with Gasteiger partial charge in [0.1, 0.15) is 5.75 Å². The number of benzene rings is 1. The number of nitrogens with two attached hydrogens (primary N) is 1. The molecule has 0 aromatic heterocycles. The molecular weight excluding hydrogens is 222 g/mol. The fourth-order valence-corrected chi connectivity index (χ4v) is 2.52. The maximum Gasteiger partial charge on any atom is 0.122 e. The molecule has 0 radical (unpaired) electrons. The van der Waals surface area contributed by atoms with Crippen LogP contribution in [0.25, 0.3) is 0 Å². The summed E-state index contributed by atoms with van der Waals surface area (Å²) in [6, 6.07) is 6.69. The summed E-state index contributed by atoms with van der Waals surface area (Å²) in [5.41, 5.74) is 8.95. The lowest BCUT2D eigenvalue weighted by Crippen LogP contribution is -2.28. The Bertz CT molecular complexity index is 387. The molecule has 0 spiro atoms. The SMILES string of the molecule is CC(C)C(N)CCOc1cccc2c1CCCC2. The summed E-state index contributed by atoms with van der Waals surface area (Å²) in [7, 11) is 0. The van der Waals surface area contributed by atoms with E-state index in [1.54, 1.807) is 0 Å². The zero-order chi connectivity index (χ0) is 13.0. The molecule has 0 aliphatic heterocycles. The number of rotatable bonds is 5. The van der Waals surface area contributed by atoms with Crippen molar-refractivity contribution in [1.29, 1.82) is 0 Å². The van der Waals surface area contributed by atoms with Crippen molar-refractivity contribution >= 4 is 0 Å². The Hall–Kier alpha value is -1.02. The lowest BCUT2D eigenvalue weighted by Gasteiger charge is -2.21. The van der Waals surface area contributed by atoms with Crippen LogP contribution in [-0.2, 0) is 12.8 Å². The molecular formula is C16H25NO. The molecule has 18 heavy (non-hydrogen) atoms. The first-order valence-electron chi connectivity index (χ1n) is 7.17. The topological polar surface area (TPSA) is 35.2 Å². The van der Waals surface area contributed by atoms with Crippen molar-refractivity contribution in [2.24, 2.45) is 11.7 Å². The number of aryl methyl sites for hydroxylation is 1. The molecule has 1 aromatic carbocycles. The van der Waals surface area contributed by atoms with Gasteiger partial charge in [0.25, 0.3) is 0 Å². The summed E-state index contributed by atoms with van der Waals surface area (Å²) < 4.78 is 5.95. The third-order valence-electron chi connectivity index (χ3n) is 3.92. The molecule has 2 rings (SSSR count). The molecule has 1 unspecified atom stereocenters. The van der Waals surface area contributed by atoms with Gasteiger partial charge >= 0.3 is 0 Å². The van der Waals surface area contributed by atoms with Crippen molar-refractivity contribution in [1.82, 2.24) is 0 Å². The maximum atomic E-state index is 6.04. The van der Waals surface area contributed by atoms with Gasteiger partial charge < -0.3 is 10.5 Å². The van der Waals surface area contributed by atoms with E-state index in [1.807, 2.05) is 0 Å². The van der Waals surface area contributed by atoms with E-state index in [-0.39, 0.29) is 6.04 Å². The van der Waals surface area contributed by atoms with Crippen LogP contribution in [0.3, 0.4) is 0 Å². The molecule has 1 atom stereocenters. The number of hydrogen-bond acceptors (Lipinski definition) is 2. The summed E-state index contributed by atoms with van der Waals surface area (Å²) in [4.78, 5) is 0. The summed E-state index contributed by atoms with van der Waals surface area (Å²) in [6.45, 7) is 5.06. The van der Waals surface area contributed by atoms with Gasteiger partial charge in [0.2, 0.25) is 0 Å². The molecule has 1 aliphatic carbocycles. The standard InChI is InChI=1S/C16H25NO/c1-12(2)15(17)10-11-18-16-9-5-7-13-6-3-4-8-14(13)16/h5,7,9,12,15H,3-4,6,8,10-11,17H2,1-2H3. The highest BCUT2D eigenvalue weighted by Crippen LogP contribution is 2.29. The minimum atomic E-state index is 0.240. The Morgan fingerprint density at radius 2 is 2.00 bits per heavy atom. The fourth-order valence-electron chi connectivity index (χ4n) is 2.52. The van der Waals surface area contributed by atoms with Gasteiger partial charge in [0.15, 0.2) is 0 Å². The van der Waals surface area contributed by atoms with Crippen LogP contribution in [0, 0.1) is 5.92 Å². The smallest absolute Gasteiger partial charge is 0.122 e. The van der Waals surface area contributed by atoms with Crippen LogP contribution in [0.5, 0.6) is 5.75 Å². The van der Waals surface area contributed by atoms with Crippen molar-refractivity contribution in [2.75, 3.05) is 6.61 Å². The molecule has 0 amide bonds. The van der Waals surface area contributed by atoms with E-state index in [2.05, 4.69) is 32.0 Å². The van der Waals surface area contributed by atoms with Crippen LogP contribution in [-0.4, -0.2) is 12.6 Å². The second-order valence-corrected chi connectivity index (χ2v) is 5.65. The zero-order valence-corrected chi connectivity index (χ0v) is 11.6. The van der Waals surface area contributed by atoms with Crippen LogP contribution in [0.2, 0.25) is 0 Å². The van der Waals surface area contributed by atoms with Gasteiger partial charge in [-0.2, -0.15) is 0 Å². The third kappa shape index (κ3) is 3.26. The highest BCUT2D eigenvalue weighted by Gasteiger charge is 2.14. The van der Waals surface area contributed by atoms with Gasteiger partial charge in [-0.3, -0.25) is 0 Å². The van der Waals surface area contributed by atoms with Gasteiger partial charge in [0, 0.05) is 6.04 Å². The van der Waals surface area contributed by atoms with E-state index in [9.17, 15) is 0 Å². The molecule has 2 heteroatoms. The predicted molar refractivity (Wildman–Crippen MR) is 76.0 cm³/mol. The van der Waals surface area contributed by atoms with E-state index in [0.29, 0.717) is 5.92 Å². The first-order chi connectivity index (χ1) is 8.68. The summed E-state index contributed by atoms with van der Waals surface area (Å²) >= 11 is 0. The molecule has 0 bridgehead atoms. The van der Waals surface area contributed by atoms with Crippen LogP contribution in [0.1, 0.15) is 44.2 Å². The average Bonchev–Trinajstić information content (AvgIpc) is 2.38. The van der Waals surface area contributed by atoms with Crippen molar-refractivity contribution in [3.63, 3.8) is 0 Å². The molecule has 100 valence electrons. The van der Waals surface area contributed by atoms with Crippen LogP contribution < -0.4 is 10.5 Å². The van der Waals surface area contributed by atoms with Gasteiger partial charge in [-0.15, -0.1) is 0 Å². The largest absolute Gasteiger partial charge is 0.493 e. The lowest BCUT2D eigenvalue weighted by atomic mass is 9.91. The Kier molecular flexibility index (Phi) is 4.65. The normalized spacial score (nSPS) is 16.4. The van der Waals surface area contributed by atoms with E-state index in [0.717, 1.165) is 18.8 Å². The van der Waals surface area contributed by atoms with Crippen LogP contribution in [0.15, 0.2) is 18.2 Å². The summed E-state index contributed by atoms with van der Waals surface area (Å²) in [5, 5.41) is 0. The molecule has 0 saturated heterocycles. The van der Waals surface area contributed by atoms with Crippen molar-refractivity contribution in [2.45, 2.75) is 52.0 Å². The summed E-state index contributed by atoms with van der Waals surface area (Å²) in [5.74, 6) is 1.61. The fraction of sp³-hybridized carbons (Fsp3) is 0.625. The molecule has 1 aromatic rings. The van der Waals surface area contributed by atoms with E-state index < -0.39 is 0 Å². The minimum absolute atomic E-state index is 0.240. The van der Waals surface area contributed by atoms with E-state index >= 15 is 0 Å². The Balaban J connectivity index is 1.93. The van der Waals surface area contributed by atoms with Gasteiger partial charge in [-0.05, 0) is 55.2 Å². The number of fused-ring (bicyclic) bond motifs is 1. The monoisotopic (exact) mass is 247 g/mol. The second kappa shape index (κ2) is 6.24. The molecule has 2 nitrogen and oxygen atoms in total. The molecule has 1 aliphatic rings. The first kappa shape index (κ1) is 13.4. The van der Waals surface area contributed by atoms with Crippen molar-refractivity contribution in [3.05, 3.63) is 29.3 Å². The van der Waals surface area contributed by atoms with E-state index in [1.165, 1.54) is 36.8 Å². The van der Waals surface area contributed by atoms with Gasteiger partial charge in [0.05, 0.1) is 6.61 Å². The minimum Gasteiger partial charge on any atom is -0.493 e. The van der Waals surface area contributed by atoms with Gasteiger partial charge in [-0.1, -0.05) is 26.0 Å². The maximum absolute atomic E-state index is 6.04. The zero-order valence-electron chi connectivity index (χ0n) is 11.6. The Labute approximate surface area is 111 Å². The summed E-state index contributed by atoms with van der Waals surface area (Å²) in [6.07, 6.45) is 5.91. The number of hydrogen-bond donors (Lipinski definition) is 1. The first-order valence-corrected chi connectivity index (χ1v) is 7.17. The molecule has 0 saturated carbocycles. The Morgan fingerprint density at radius 1 is 1.22 bits per heavy atom. The highest BCUT2D eigenvalue weighted by molar-refractivity contribution is 5.41. The second-order valence-electron chi connectivity index (χ2n) is 5.65. The molecule has 0 heterocycles.